The SMILES string of the molecule is CC(=O)N1CCc2cc(S(=O)(=O)NCCc3cocn3)ccc21. The lowest BCUT2D eigenvalue weighted by Crippen LogP contribution is -2.26. The van der Waals surface area contributed by atoms with Gasteiger partial charge in [-0.3, -0.25) is 4.79 Å². The van der Waals surface area contributed by atoms with Gasteiger partial charge in [0.05, 0.1) is 10.6 Å². The summed E-state index contributed by atoms with van der Waals surface area (Å²) in [5.41, 5.74) is 2.36. The standard InChI is InChI=1S/C15H17N3O4S/c1-11(19)18-7-5-12-8-14(2-3-15(12)18)23(20,21)17-6-4-13-9-22-10-16-13/h2-3,8-10,17H,4-7H2,1H3. The van der Waals surface area contributed by atoms with Gasteiger partial charge in [0.15, 0.2) is 6.39 Å². The van der Waals surface area contributed by atoms with E-state index in [1.54, 1.807) is 17.0 Å². The van der Waals surface area contributed by atoms with Crippen LogP contribution in [0.3, 0.4) is 0 Å². The molecule has 1 aromatic carbocycles. The first-order valence-corrected chi connectivity index (χ1v) is 8.73. The molecular formula is C15H17N3O4S. The Bertz CT molecular complexity index is 815. The van der Waals surface area contributed by atoms with Crippen molar-refractivity contribution in [2.45, 2.75) is 24.7 Å². The van der Waals surface area contributed by atoms with Gasteiger partial charge in [-0.2, -0.15) is 0 Å². The molecule has 0 atom stereocenters. The summed E-state index contributed by atoms with van der Waals surface area (Å²) < 4.78 is 32.1. The molecule has 0 aliphatic carbocycles. The number of sulfonamides is 1. The van der Waals surface area contributed by atoms with Crippen molar-refractivity contribution in [2.75, 3.05) is 18.0 Å². The van der Waals surface area contributed by atoms with Crippen molar-refractivity contribution >= 4 is 21.6 Å². The van der Waals surface area contributed by atoms with Crippen LogP contribution < -0.4 is 9.62 Å². The number of carbonyl (C=O) groups excluding carboxylic acids is 1. The molecule has 0 radical (unpaired) electrons. The van der Waals surface area contributed by atoms with Crippen molar-refractivity contribution in [1.82, 2.24) is 9.71 Å². The molecule has 0 saturated carbocycles. The molecule has 1 aliphatic rings. The van der Waals surface area contributed by atoms with Crippen LogP contribution in [-0.4, -0.2) is 32.4 Å². The lowest BCUT2D eigenvalue weighted by Gasteiger charge is -2.15. The van der Waals surface area contributed by atoms with Gasteiger partial charge >= 0.3 is 0 Å². The fourth-order valence-electron chi connectivity index (χ4n) is 2.63. The number of hydrogen-bond donors (Lipinski definition) is 1. The van der Waals surface area contributed by atoms with E-state index in [9.17, 15) is 13.2 Å². The topological polar surface area (TPSA) is 92.5 Å². The minimum absolute atomic E-state index is 0.0369. The Morgan fingerprint density at radius 3 is 2.96 bits per heavy atom. The first-order valence-electron chi connectivity index (χ1n) is 7.25. The number of nitrogens with one attached hydrogen (secondary N) is 1. The number of oxazole rings is 1. The summed E-state index contributed by atoms with van der Waals surface area (Å²) in [4.78, 5) is 17.3. The molecule has 3 rings (SSSR count). The van der Waals surface area contributed by atoms with Crippen LogP contribution in [0, 0.1) is 0 Å². The maximum Gasteiger partial charge on any atom is 0.240 e. The maximum absolute atomic E-state index is 12.3. The molecule has 0 fully saturated rings. The Morgan fingerprint density at radius 2 is 2.26 bits per heavy atom. The normalized spacial score (nSPS) is 14.0. The summed E-state index contributed by atoms with van der Waals surface area (Å²) >= 11 is 0. The van der Waals surface area contributed by atoms with Crippen molar-refractivity contribution in [1.29, 1.82) is 0 Å². The van der Waals surface area contributed by atoms with Crippen LogP contribution in [0.15, 0.2) is 40.2 Å². The van der Waals surface area contributed by atoms with E-state index < -0.39 is 10.0 Å². The van der Waals surface area contributed by atoms with Crippen LogP contribution in [0.4, 0.5) is 5.69 Å². The molecule has 0 bridgehead atoms. The molecule has 122 valence electrons. The Morgan fingerprint density at radius 1 is 1.43 bits per heavy atom. The van der Waals surface area contributed by atoms with Crippen molar-refractivity contribution in [3.05, 3.63) is 42.1 Å². The van der Waals surface area contributed by atoms with Crippen LogP contribution in [0.25, 0.3) is 0 Å². The smallest absolute Gasteiger partial charge is 0.240 e. The molecule has 0 saturated heterocycles. The first kappa shape index (κ1) is 15.7. The zero-order valence-corrected chi connectivity index (χ0v) is 13.5. The third kappa shape index (κ3) is 3.27. The number of aromatic nitrogens is 1. The van der Waals surface area contributed by atoms with Gasteiger partial charge in [-0.05, 0) is 30.2 Å². The Kier molecular flexibility index (Phi) is 4.18. The average molecular weight is 335 g/mol. The Balaban J connectivity index is 1.72. The second-order valence-electron chi connectivity index (χ2n) is 5.34. The quantitative estimate of drug-likeness (QED) is 0.883. The summed E-state index contributed by atoms with van der Waals surface area (Å²) in [6.45, 7) is 2.34. The number of fused-ring (bicyclic) bond motifs is 1. The molecule has 7 nitrogen and oxygen atoms in total. The number of carbonyl (C=O) groups is 1. The van der Waals surface area contributed by atoms with E-state index in [0.29, 0.717) is 25.1 Å². The van der Waals surface area contributed by atoms with Crippen molar-refractivity contribution in [3.8, 4) is 0 Å². The van der Waals surface area contributed by atoms with Crippen LogP contribution in [0.5, 0.6) is 0 Å². The Hall–Kier alpha value is -2.19. The van der Waals surface area contributed by atoms with Gasteiger partial charge in [0.2, 0.25) is 15.9 Å². The van der Waals surface area contributed by atoms with Gasteiger partial charge < -0.3 is 9.32 Å². The van der Waals surface area contributed by atoms with Gasteiger partial charge in [-0.25, -0.2) is 18.1 Å². The predicted molar refractivity (Wildman–Crippen MR) is 83.6 cm³/mol. The second-order valence-corrected chi connectivity index (χ2v) is 7.11. The third-order valence-corrected chi connectivity index (χ3v) is 5.25. The zero-order chi connectivity index (χ0) is 16.4. The summed E-state index contributed by atoms with van der Waals surface area (Å²) in [5, 5.41) is 0. The molecule has 23 heavy (non-hydrogen) atoms. The molecule has 8 heteroatoms. The highest BCUT2D eigenvalue weighted by Crippen LogP contribution is 2.30. The highest BCUT2D eigenvalue weighted by molar-refractivity contribution is 7.89. The van der Waals surface area contributed by atoms with E-state index >= 15 is 0 Å². The monoisotopic (exact) mass is 335 g/mol. The average Bonchev–Trinajstić information content (AvgIpc) is 3.15. The summed E-state index contributed by atoms with van der Waals surface area (Å²) in [6.07, 6.45) is 3.92. The fourth-order valence-corrected chi connectivity index (χ4v) is 3.71. The number of benzene rings is 1. The van der Waals surface area contributed by atoms with Crippen LogP contribution in [0.2, 0.25) is 0 Å². The van der Waals surface area contributed by atoms with E-state index in [1.807, 2.05) is 0 Å². The van der Waals surface area contributed by atoms with Gasteiger partial charge in [0.1, 0.15) is 6.26 Å². The van der Waals surface area contributed by atoms with E-state index in [-0.39, 0.29) is 17.3 Å². The largest absolute Gasteiger partial charge is 0.451 e. The lowest BCUT2D eigenvalue weighted by molar-refractivity contribution is -0.116. The summed E-state index contributed by atoms with van der Waals surface area (Å²) in [6, 6.07) is 4.85. The van der Waals surface area contributed by atoms with Gasteiger partial charge in [0.25, 0.3) is 0 Å². The Labute approximate surface area is 134 Å². The van der Waals surface area contributed by atoms with Crippen molar-refractivity contribution < 1.29 is 17.6 Å². The number of amides is 1. The number of rotatable bonds is 5. The maximum atomic E-state index is 12.3. The zero-order valence-electron chi connectivity index (χ0n) is 12.7. The number of anilines is 1. The molecule has 0 spiro atoms. The van der Waals surface area contributed by atoms with Gasteiger partial charge in [0, 0.05) is 32.1 Å². The van der Waals surface area contributed by atoms with Crippen molar-refractivity contribution in [2.24, 2.45) is 0 Å². The molecule has 1 N–H and O–H groups in total. The highest BCUT2D eigenvalue weighted by Gasteiger charge is 2.24. The third-order valence-electron chi connectivity index (χ3n) is 3.79. The van der Waals surface area contributed by atoms with Gasteiger partial charge in [-0.15, -0.1) is 0 Å². The minimum Gasteiger partial charge on any atom is -0.451 e. The molecule has 1 aromatic heterocycles. The predicted octanol–water partition coefficient (Wildman–Crippen LogP) is 1.10. The second kappa shape index (κ2) is 6.13. The van der Waals surface area contributed by atoms with Crippen molar-refractivity contribution in [3.63, 3.8) is 0 Å². The molecule has 0 unspecified atom stereocenters. The highest BCUT2D eigenvalue weighted by atomic mass is 32.2. The fraction of sp³-hybridized carbons (Fsp3) is 0.333. The van der Waals surface area contributed by atoms with Gasteiger partial charge in [-0.1, -0.05) is 0 Å². The van der Waals surface area contributed by atoms with Crippen LogP contribution in [-0.2, 0) is 27.7 Å². The lowest BCUT2D eigenvalue weighted by atomic mass is 10.2. The van der Waals surface area contributed by atoms with E-state index in [0.717, 1.165) is 11.3 Å². The van der Waals surface area contributed by atoms with E-state index in [1.165, 1.54) is 25.6 Å². The number of hydrogen-bond acceptors (Lipinski definition) is 5. The molecular weight excluding hydrogens is 318 g/mol. The molecule has 2 aromatic rings. The van der Waals surface area contributed by atoms with E-state index in [4.69, 9.17) is 4.42 Å². The minimum atomic E-state index is -3.58. The van der Waals surface area contributed by atoms with E-state index in [2.05, 4.69) is 9.71 Å². The van der Waals surface area contributed by atoms with Crippen LogP contribution >= 0.6 is 0 Å². The van der Waals surface area contributed by atoms with Crippen LogP contribution in [0.1, 0.15) is 18.2 Å². The molecule has 1 aliphatic heterocycles. The summed E-state index contributed by atoms with van der Waals surface area (Å²) in [7, 11) is -3.58. The molecule has 2 heterocycles. The first-order chi connectivity index (χ1) is 11.0. The summed E-state index contributed by atoms with van der Waals surface area (Å²) in [5.74, 6) is -0.0369. The molecule has 1 amide bonds. The number of nitrogens with zero attached hydrogens (tertiary/aromatic N) is 2.